The summed E-state index contributed by atoms with van der Waals surface area (Å²) in [6.45, 7) is 7.07. The van der Waals surface area contributed by atoms with Gasteiger partial charge in [0.2, 0.25) is 0 Å². The Balaban J connectivity index is 1.96. The summed E-state index contributed by atoms with van der Waals surface area (Å²) in [4.78, 5) is 4.55. The van der Waals surface area contributed by atoms with E-state index >= 15 is 0 Å². The Kier molecular flexibility index (Phi) is 3.57. The van der Waals surface area contributed by atoms with Crippen molar-refractivity contribution in [3.05, 3.63) is 17.6 Å². The molecule has 2 heterocycles. The number of hydrogen-bond acceptors (Lipinski definition) is 5. The van der Waals surface area contributed by atoms with Gasteiger partial charge in [0.15, 0.2) is 5.82 Å². The standard InChI is InChI=1S/C15H23N5O/c1-4-20-12(9-11(18-20)10(2)3)13-17-14(19-21-13)15(16)7-5-6-8-15/h9-10H,4-8,16H2,1-3H3. The minimum absolute atomic E-state index is 0.370. The summed E-state index contributed by atoms with van der Waals surface area (Å²) in [5.74, 6) is 1.52. The van der Waals surface area contributed by atoms with E-state index in [4.69, 9.17) is 10.3 Å². The van der Waals surface area contributed by atoms with E-state index < -0.39 is 5.54 Å². The highest BCUT2D eigenvalue weighted by Crippen LogP contribution is 2.35. The molecule has 0 amide bonds. The van der Waals surface area contributed by atoms with E-state index in [9.17, 15) is 0 Å². The molecule has 6 heteroatoms. The molecule has 1 aliphatic rings. The van der Waals surface area contributed by atoms with Crippen LogP contribution < -0.4 is 5.73 Å². The van der Waals surface area contributed by atoms with Crippen LogP contribution in [0.15, 0.2) is 10.6 Å². The molecule has 1 aliphatic carbocycles. The fourth-order valence-electron chi connectivity index (χ4n) is 2.89. The summed E-state index contributed by atoms with van der Waals surface area (Å²) in [5, 5.41) is 8.71. The van der Waals surface area contributed by atoms with Gasteiger partial charge in [0.25, 0.3) is 5.89 Å². The zero-order valence-electron chi connectivity index (χ0n) is 13.0. The van der Waals surface area contributed by atoms with Gasteiger partial charge in [0, 0.05) is 6.54 Å². The Hall–Kier alpha value is -1.69. The molecule has 2 aromatic rings. The molecule has 114 valence electrons. The van der Waals surface area contributed by atoms with Crippen molar-refractivity contribution in [1.82, 2.24) is 19.9 Å². The second-order valence-corrected chi connectivity index (χ2v) is 6.21. The molecule has 0 aliphatic heterocycles. The molecule has 1 saturated carbocycles. The van der Waals surface area contributed by atoms with Crippen molar-refractivity contribution in [2.45, 2.75) is 64.5 Å². The van der Waals surface area contributed by atoms with Crippen molar-refractivity contribution < 1.29 is 4.52 Å². The Morgan fingerprint density at radius 2 is 2.10 bits per heavy atom. The van der Waals surface area contributed by atoms with Gasteiger partial charge in [0.05, 0.1) is 11.2 Å². The van der Waals surface area contributed by atoms with Crippen LogP contribution in [0, 0.1) is 0 Å². The summed E-state index contributed by atoms with van der Waals surface area (Å²) in [7, 11) is 0. The molecule has 0 saturated heterocycles. The van der Waals surface area contributed by atoms with E-state index in [1.54, 1.807) is 0 Å². The molecule has 21 heavy (non-hydrogen) atoms. The van der Waals surface area contributed by atoms with Gasteiger partial charge in [0.1, 0.15) is 5.69 Å². The van der Waals surface area contributed by atoms with E-state index in [0.717, 1.165) is 43.6 Å². The molecule has 2 aromatic heterocycles. The van der Waals surface area contributed by atoms with Crippen molar-refractivity contribution in [3.8, 4) is 11.6 Å². The number of aryl methyl sites for hydroxylation is 1. The summed E-state index contributed by atoms with van der Waals surface area (Å²) in [6, 6.07) is 2.03. The largest absolute Gasteiger partial charge is 0.332 e. The van der Waals surface area contributed by atoms with Gasteiger partial charge < -0.3 is 10.3 Å². The monoisotopic (exact) mass is 289 g/mol. The van der Waals surface area contributed by atoms with Crippen molar-refractivity contribution in [2.75, 3.05) is 0 Å². The second kappa shape index (κ2) is 5.26. The highest BCUT2D eigenvalue weighted by atomic mass is 16.5. The van der Waals surface area contributed by atoms with Crippen molar-refractivity contribution in [1.29, 1.82) is 0 Å². The first kappa shape index (κ1) is 14.3. The number of hydrogen-bond donors (Lipinski definition) is 1. The molecular formula is C15H23N5O. The topological polar surface area (TPSA) is 82.8 Å². The van der Waals surface area contributed by atoms with Crippen LogP contribution in [0.2, 0.25) is 0 Å². The smallest absolute Gasteiger partial charge is 0.276 e. The summed E-state index contributed by atoms with van der Waals surface area (Å²) < 4.78 is 7.37. The Morgan fingerprint density at radius 3 is 2.71 bits per heavy atom. The van der Waals surface area contributed by atoms with Crippen LogP contribution in [0.1, 0.15) is 63.9 Å². The lowest BCUT2D eigenvalue weighted by atomic mass is 9.99. The first-order chi connectivity index (χ1) is 10.0. The van der Waals surface area contributed by atoms with Crippen molar-refractivity contribution in [3.63, 3.8) is 0 Å². The van der Waals surface area contributed by atoms with E-state index in [-0.39, 0.29) is 0 Å². The van der Waals surface area contributed by atoms with Crippen LogP contribution in [0.25, 0.3) is 11.6 Å². The van der Waals surface area contributed by atoms with E-state index in [0.29, 0.717) is 17.6 Å². The molecule has 3 rings (SSSR count). The Bertz CT molecular complexity index is 622. The van der Waals surface area contributed by atoms with E-state index in [1.165, 1.54) is 0 Å². The highest BCUT2D eigenvalue weighted by molar-refractivity contribution is 5.48. The zero-order valence-corrected chi connectivity index (χ0v) is 13.0. The number of aromatic nitrogens is 4. The third kappa shape index (κ3) is 2.48. The molecule has 0 atom stereocenters. The molecule has 0 radical (unpaired) electrons. The number of nitrogens with zero attached hydrogens (tertiary/aromatic N) is 4. The minimum atomic E-state index is -0.417. The average molecular weight is 289 g/mol. The summed E-state index contributed by atoms with van der Waals surface area (Å²) in [6.07, 6.45) is 4.11. The van der Waals surface area contributed by atoms with Crippen LogP contribution in [-0.4, -0.2) is 19.9 Å². The first-order valence-corrected chi connectivity index (χ1v) is 7.74. The van der Waals surface area contributed by atoms with Gasteiger partial charge in [-0.2, -0.15) is 10.1 Å². The van der Waals surface area contributed by atoms with Crippen LogP contribution in [-0.2, 0) is 12.1 Å². The van der Waals surface area contributed by atoms with Gasteiger partial charge >= 0.3 is 0 Å². The molecular weight excluding hydrogens is 266 g/mol. The van der Waals surface area contributed by atoms with Crippen LogP contribution >= 0.6 is 0 Å². The summed E-state index contributed by atoms with van der Waals surface area (Å²) >= 11 is 0. The molecule has 1 fully saturated rings. The maximum Gasteiger partial charge on any atom is 0.276 e. The lowest BCUT2D eigenvalue weighted by Gasteiger charge is -2.17. The first-order valence-electron chi connectivity index (χ1n) is 7.74. The number of nitrogens with two attached hydrogens (primary N) is 1. The molecule has 0 aromatic carbocycles. The number of rotatable bonds is 4. The predicted molar refractivity (Wildman–Crippen MR) is 79.6 cm³/mol. The van der Waals surface area contributed by atoms with Crippen molar-refractivity contribution >= 4 is 0 Å². The van der Waals surface area contributed by atoms with Crippen LogP contribution in [0.3, 0.4) is 0 Å². The Labute approximate surface area is 124 Å². The second-order valence-electron chi connectivity index (χ2n) is 6.21. The lowest BCUT2D eigenvalue weighted by molar-refractivity contribution is 0.371. The lowest BCUT2D eigenvalue weighted by Crippen LogP contribution is -2.34. The third-order valence-corrected chi connectivity index (χ3v) is 4.28. The normalized spacial score (nSPS) is 17.8. The quantitative estimate of drug-likeness (QED) is 0.935. The van der Waals surface area contributed by atoms with Gasteiger partial charge in [-0.25, -0.2) is 0 Å². The van der Waals surface area contributed by atoms with Gasteiger partial charge in [-0.05, 0) is 31.7 Å². The fourth-order valence-corrected chi connectivity index (χ4v) is 2.89. The Morgan fingerprint density at radius 1 is 1.38 bits per heavy atom. The predicted octanol–water partition coefficient (Wildman–Crippen LogP) is 2.80. The minimum Gasteiger partial charge on any atom is -0.332 e. The highest BCUT2D eigenvalue weighted by Gasteiger charge is 2.36. The van der Waals surface area contributed by atoms with Crippen LogP contribution in [0.4, 0.5) is 0 Å². The van der Waals surface area contributed by atoms with Crippen molar-refractivity contribution in [2.24, 2.45) is 5.73 Å². The van der Waals surface area contributed by atoms with E-state index in [1.807, 2.05) is 10.7 Å². The third-order valence-electron chi connectivity index (χ3n) is 4.28. The molecule has 0 unspecified atom stereocenters. The fraction of sp³-hybridized carbons (Fsp3) is 0.667. The van der Waals surface area contributed by atoms with E-state index in [2.05, 4.69) is 36.0 Å². The maximum atomic E-state index is 6.39. The van der Waals surface area contributed by atoms with Gasteiger partial charge in [-0.1, -0.05) is 31.8 Å². The molecule has 0 spiro atoms. The van der Waals surface area contributed by atoms with Crippen LogP contribution in [0.5, 0.6) is 0 Å². The van der Waals surface area contributed by atoms with Gasteiger partial charge in [-0.3, -0.25) is 4.68 Å². The molecule has 6 nitrogen and oxygen atoms in total. The molecule has 2 N–H and O–H groups in total. The zero-order chi connectivity index (χ0) is 15.0. The average Bonchev–Trinajstić information content (AvgIpc) is 3.16. The SMILES string of the molecule is CCn1nc(C(C)C)cc1-c1nc(C2(N)CCCC2)no1. The maximum absolute atomic E-state index is 6.39. The summed E-state index contributed by atoms with van der Waals surface area (Å²) in [5.41, 5.74) is 7.88. The molecule has 0 bridgehead atoms. The van der Waals surface area contributed by atoms with Gasteiger partial charge in [-0.15, -0.1) is 0 Å².